The first-order chi connectivity index (χ1) is 37.0. The average molecular weight is 1060 g/mol. The predicted octanol–water partition coefficient (Wildman–Crippen LogP) is 9.25. The van der Waals surface area contributed by atoms with Crippen LogP contribution in [0.15, 0.2) is 109 Å². The number of hydrogen-bond donors (Lipinski definition) is 3. The molecule has 4 N–H and O–H groups in total. The molecule has 1 aliphatic heterocycles. The number of nitrogen functional groups attached to an aromatic ring is 1. The van der Waals surface area contributed by atoms with Crippen molar-refractivity contribution in [1.82, 2.24) is 44.6 Å². The van der Waals surface area contributed by atoms with Gasteiger partial charge in [-0.05, 0) is 77.8 Å². The standard InChI is InChI=1S/C29H32N6O5.C28H35N5O3Si/c1-34(2)28(36)22-16-19(8-9-24(22)31-29(37)40-15-12-35-10-13-39-14-11-35)20-17-23-26(32-33-27(23)30-18-20)21-6-4-5-7-25(21)38-3;1-32(2)28(34)22-15-19(11-12-24(22)29)20-16-23-26(21-9-7-8-10-25(21)35-3)31-33(27(23)30-17-20)18-36-13-14-37(4,5)6/h4-9,16-18H,10-15H2,1-3H3,(H,31,37)(H,30,32,33);7-12,15-17H,13-14,18,29H2,1-6H3. The highest BCUT2D eigenvalue weighted by Gasteiger charge is 2.22. The topological polar surface area (TPSA) is 217 Å². The number of aromatic nitrogens is 6. The molecule has 1 aliphatic rings. The van der Waals surface area contributed by atoms with Crippen LogP contribution in [0, 0.1) is 0 Å². The third-order valence-corrected chi connectivity index (χ3v) is 14.6. The van der Waals surface area contributed by atoms with Crippen molar-refractivity contribution in [3.63, 3.8) is 0 Å². The van der Waals surface area contributed by atoms with Gasteiger partial charge in [0.15, 0.2) is 11.3 Å². The molecule has 0 aliphatic carbocycles. The van der Waals surface area contributed by atoms with Crippen molar-refractivity contribution in [2.24, 2.45) is 0 Å². The van der Waals surface area contributed by atoms with Gasteiger partial charge in [0.05, 0.1) is 49.9 Å². The van der Waals surface area contributed by atoms with E-state index in [1.165, 1.54) is 9.80 Å². The first-order valence-corrected chi connectivity index (χ1v) is 29.0. The Bertz CT molecular complexity index is 3380. The van der Waals surface area contributed by atoms with Gasteiger partial charge in [0.25, 0.3) is 11.8 Å². The van der Waals surface area contributed by atoms with Gasteiger partial charge < -0.3 is 39.2 Å². The number of nitrogens with one attached hydrogen (secondary N) is 2. The number of aromatic amines is 1. The molecule has 0 saturated carbocycles. The number of nitrogens with zero attached hydrogens (tertiary/aromatic N) is 8. The lowest BCUT2D eigenvalue weighted by molar-refractivity contribution is 0.0290. The maximum atomic E-state index is 13.1. The van der Waals surface area contributed by atoms with Gasteiger partial charge in [-0.1, -0.05) is 56.0 Å². The molecule has 0 bridgehead atoms. The summed E-state index contributed by atoms with van der Waals surface area (Å²) in [5.74, 6) is 1.04. The van der Waals surface area contributed by atoms with Crippen molar-refractivity contribution in [3.8, 4) is 56.3 Å². The number of pyridine rings is 2. The lowest BCUT2D eigenvalue weighted by atomic mass is 10.0. The third kappa shape index (κ3) is 13.3. The average Bonchev–Trinajstić information content (AvgIpc) is 4.11. The molecular weight excluding hydrogens is 995 g/mol. The number of hydrogen-bond acceptors (Lipinski definition) is 14. The summed E-state index contributed by atoms with van der Waals surface area (Å²) in [7, 11) is 8.83. The van der Waals surface area contributed by atoms with E-state index in [1.54, 1.807) is 77.7 Å². The summed E-state index contributed by atoms with van der Waals surface area (Å²) in [5.41, 5.74) is 15.5. The molecule has 77 heavy (non-hydrogen) atoms. The van der Waals surface area contributed by atoms with Crippen molar-refractivity contribution in [1.29, 1.82) is 0 Å². The summed E-state index contributed by atoms with van der Waals surface area (Å²) in [5, 5.41) is 16.7. The molecule has 8 aromatic rings. The number of carbonyl (C=O) groups excluding carboxylic acids is 3. The Morgan fingerprint density at radius 3 is 2.03 bits per heavy atom. The van der Waals surface area contributed by atoms with Crippen LogP contribution in [-0.2, 0) is 20.9 Å². The molecule has 19 nitrogen and oxygen atoms in total. The molecule has 0 radical (unpaired) electrons. The number of benzene rings is 4. The van der Waals surface area contributed by atoms with E-state index in [4.69, 9.17) is 39.5 Å². The lowest BCUT2D eigenvalue weighted by Gasteiger charge is -2.26. The van der Waals surface area contributed by atoms with Crippen LogP contribution in [0.3, 0.4) is 0 Å². The number of nitrogens with two attached hydrogens (primary N) is 1. The Balaban J connectivity index is 0.000000204. The van der Waals surface area contributed by atoms with Crippen molar-refractivity contribution in [2.45, 2.75) is 32.4 Å². The number of carbonyl (C=O) groups is 3. The molecule has 20 heteroatoms. The van der Waals surface area contributed by atoms with Crippen molar-refractivity contribution >= 4 is 59.4 Å². The van der Waals surface area contributed by atoms with E-state index in [-0.39, 0.29) is 18.4 Å². The number of morpholine rings is 1. The van der Waals surface area contributed by atoms with Crippen LogP contribution in [0.5, 0.6) is 11.5 Å². The summed E-state index contributed by atoms with van der Waals surface area (Å²) < 4.78 is 29.7. The Hall–Kier alpha value is -8.17. The molecule has 402 valence electrons. The number of para-hydroxylation sites is 2. The quantitative estimate of drug-likeness (QED) is 0.0440. The van der Waals surface area contributed by atoms with E-state index in [9.17, 15) is 14.4 Å². The second-order valence-corrected chi connectivity index (χ2v) is 25.7. The molecule has 9 rings (SSSR count). The van der Waals surface area contributed by atoms with Crippen LogP contribution >= 0.6 is 0 Å². The van der Waals surface area contributed by atoms with Gasteiger partial charge in [0.1, 0.15) is 30.5 Å². The van der Waals surface area contributed by atoms with E-state index >= 15 is 0 Å². The highest BCUT2D eigenvalue weighted by molar-refractivity contribution is 6.76. The summed E-state index contributed by atoms with van der Waals surface area (Å²) >= 11 is 0. The van der Waals surface area contributed by atoms with E-state index in [1.807, 2.05) is 78.9 Å². The zero-order valence-corrected chi connectivity index (χ0v) is 46.2. The molecule has 3 amide bonds. The van der Waals surface area contributed by atoms with Crippen LogP contribution in [0.2, 0.25) is 25.7 Å². The van der Waals surface area contributed by atoms with Crippen molar-refractivity contribution in [3.05, 3.63) is 121 Å². The maximum Gasteiger partial charge on any atom is 0.411 e. The fourth-order valence-corrected chi connectivity index (χ4v) is 9.40. The smallest absolute Gasteiger partial charge is 0.411 e. The van der Waals surface area contributed by atoms with Gasteiger partial charge in [-0.3, -0.25) is 24.9 Å². The van der Waals surface area contributed by atoms with E-state index < -0.39 is 14.2 Å². The Morgan fingerprint density at radius 2 is 1.35 bits per heavy atom. The highest BCUT2D eigenvalue weighted by atomic mass is 28.3. The number of H-pyrrole nitrogens is 1. The SMILES string of the molecule is COc1ccccc1-c1[nH]nc2ncc(-c3ccc(NC(=O)OCCN4CCOCC4)c(C(=O)N(C)C)c3)cc12.COc1ccccc1-c1nn(COCC[Si](C)(C)C)c2ncc(-c3ccc(N)c(C(=O)N(C)C)c3)cc12. The Labute approximate surface area is 449 Å². The van der Waals surface area contributed by atoms with Crippen LogP contribution in [0.25, 0.3) is 66.8 Å². The van der Waals surface area contributed by atoms with E-state index in [0.29, 0.717) is 67.0 Å². The molecule has 4 aromatic heterocycles. The van der Waals surface area contributed by atoms with Crippen molar-refractivity contribution < 1.29 is 38.1 Å². The second kappa shape index (κ2) is 24.7. The minimum Gasteiger partial charge on any atom is -0.496 e. The maximum absolute atomic E-state index is 13.1. The summed E-state index contributed by atoms with van der Waals surface area (Å²) in [6.07, 6.45) is 2.89. The summed E-state index contributed by atoms with van der Waals surface area (Å²) in [4.78, 5) is 52.8. The Morgan fingerprint density at radius 1 is 0.740 bits per heavy atom. The van der Waals surface area contributed by atoms with Crippen LogP contribution in [0.1, 0.15) is 20.7 Å². The van der Waals surface area contributed by atoms with E-state index in [2.05, 4.69) is 45.0 Å². The number of amides is 3. The van der Waals surface area contributed by atoms with Gasteiger partial charge in [-0.15, -0.1) is 0 Å². The van der Waals surface area contributed by atoms with Gasteiger partial charge in [-0.25, -0.2) is 19.4 Å². The zero-order valence-electron chi connectivity index (χ0n) is 45.2. The summed E-state index contributed by atoms with van der Waals surface area (Å²) in [6.45, 7) is 11.8. The van der Waals surface area contributed by atoms with Crippen LogP contribution < -0.4 is 20.5 Å². The second-order valence-electron chi connectivity index (χ2n) is 20.1. The number of anilines is 2. The Kier molecular flexibility index (Phi) is 17.6. The van der Waals surface area contributed by atoms with Crippen LogP contribution in [-0.4, -0.2) is 159 Å². The molecule has 5 heterocycles. The number of rotatable bonds is 17. The fraction of sp³-hybridized carbons (Fsp3) is 0.316. The molecule has 4 aromatic carbocycles. The molecule has 0 spiro atoms. The first kappa shape index (κ1) is 55.1. The fourth-order valence-electron chi connectivity index (χ4n) is 8.64. The normalized spacial score (nSPS) is 12.7. The number of ether oxygens (including phenoxy) is 5. The minimum absolute atomic E-state index is 0.147. The monoisotopic (exact) mass is 1060 g/mol. The molecular formula is C57H67N11O8Si. The minimum atomic E-state index is -1.20. The zero-order chi connectivity index (χ0) is 54.8. The van der Waals surface area contributed by atoms with Crippen LogP contribution in [0.4, 0.5) is 16.2 Å². The van der Waals surface area contributed by atoms with Gasteiger partial charge in [-0.2, -0.15) is 10.2 Å². The molecule has 0 atom stereocenters. The van der Waals surface area contributed by atoms with Gasteiger partial charge in [0.2, 0.25) is 0 Å². The molecule has 0 unspecified atom stereocenters. The predicted molar refractivity (Wildman–Crippen MR) is 303 cm³/mol. The van der Waals surface area contributed by atoms with E-state index in [0.717, 1.165) is 86.1 Å². The highest BCUT2D eigenvalue weighted by Crippen LogP contribution is 2.38. The lowest BCUT2D eigenvalue weighted by Crippen LogP contribution is -2.38. The molecule has 1 fully saturated rings. The molecule has 1 saturated heterocycles. The first-order valence-electron chi connectivity index (χ1n) is 25.3. The van der Waals surface area contributed by atoms with Crippen molar-refractivity contribution in [2.75, 3.05) is 99.5 Å². The number of methoxy groups -OCH3 is 2. The largest absolute Gasteiger partial charge is 0.496 e. The van der Waals surface area contributed by atoms with Gasteiger partial charge >= 0.3 is 6.09 Å². The summed E-state index contributed by atoms with van der Waals surface area (Å²) in [6, 6.07) is 31.3. The third-order valence-electron chi connectivity index (χ3n) is 12.9. The van der Waals surface area contributed by atoms with Gasteiger partial charge in [0, 0.05) is 114 Å². The number of fused-ring (bicyclic) bond motifs is 2.